The smallest absolute Gasteiger partial charge is 0.159 e. The van der Waals surface area contributed by atoms with E-state index in [9.17, 15) is 0 Å². The molecule has 0 N–H and O–H groups in total. The lowest BCUT2D eigenvalue weighted by molar-refractivity contribution is -0.415. The average molecular weight is 208 g/mol. The number of hydrogen-bond acceptors (Lipinski definition) is 2. The van der Waals surface area contributed by atoms with E-state index in [4.69, 9.17) is 9.47 Å². The van der Waals surface area contributed by atoms with Crippen LogP contribution in [0.15, 0.2) is 0 Å². The molecular weight excluding hydrogens is 188 g/mol. The molecular formula is C13H20O2. The van der Waals surface area contributed by atoms with Gasteiger partial charge in [0.15, 0.2) is 6.29 Å². The number of hydrogen-bond donors (Lipinski definition) is 0. The molecule has 2 heteroatoms. The number of ether oxygens (including phenoxy) is 2. The van der Waals surface area contributed by atoms with E-state index in [0.717, 1.165) is 12.3 Å². The van der Waals surface area contributed by atoms with Gasteiger partial charge in [0.05, 0.1) is 11.7 Å². The Hall–Kier alpha value is -0.0800. The van der Waals surface area contributed by atoms with Gasteiger partial charge >= 0.3 is 0 Å². The van der Waals surface area contributed by atoms with Gasteiger partial charge in [0.2, 0.25) is 0 Å². The van der Waals surface area contributed by atoms with Gasteiger partial charge < -0.3 is 9.47 Å². The molecule has 3 aliphatic heterocycles. The molecule has 5 bridgehead atoms. The lowest BCUT2D eigenvalue weighted by Crippen LogP contribution is -2.72. The van der Waals surface area contributed by atoms with Crippen molar-refractivity contribution in [1.29, 1.82) is 0 Å². The molecule has 84 valence electrons. The third kappa shape index (κ3) is 0.861. The Kier molecular flexibility index (Phi) is 1.56. The second kappa shape index (κ2) is 2.60. The van der Waals surface area contributed by atoms with Gasteiger partial charge in [0.25, 0.3) is 0 Å². The Morgan fingerprint density at radius 2 is 1.93 bits per heavy atom. The third-order valence-corrected chi connectivity index (χ3v) is 5.83. The minimum atomic E-state index is 0.141. The van der Waals surface area contributed by atoms with Crippen molar-refractivity contribution in [3.8, 4) is 0 Å². The van der Waals surface area contributed by atoms with Crippen LogP contribution in [-0.4, -0.2) is 18.0 Å². The summed E-state index contributed by atoms with van der Waals surface area (Å²) < 4.78 is 12.4. The van der Waals surface area contributed by atoms with Crippen LogP contribution in [-0.2, 0) is 9.47 Å². The van der Waals surface area contributed by atoms with E-state index in [1.54, 1.807) is 0 Å². The molecule has 2 saturated carbocycles. The van der Waals surface area contributed by atoms with Gasteiger partial charge in [-0.25, -0.2) is 0 Å². The molecule has 0 radical (unpaired) electrons. The topological polar surface area (TPSA) is 18.5 Å². The van der Waals surface area contributed by atoms with Crippen LogP contribution < -0.4 is 0 Å². The summed E-state index contributed by atoms with van der Waals surface area (Å²) in [7, 11) is 0. The quantitative estimate of drug-likeness (QED) is 0.609. The molecule has 5 fully saturated rings. The molecule has 0 unspecified atom stereocenters. The van der Waals surface area contributed by atoms with E-state index in [1.165, 1.54) is 38.5 Å². The van der Waals surface area contributed by atoms with Crippen molar-refractivity contribution in [3.63, 3.8) is 0 Å². The van der Waals surface area contributed by atoms with Crippen LogP contribution in [0, 0.1) is 11.3 Å². The molecule has 0 amide bonds. The first kappa shape index (κ1) is 9.00. The van der Waals surface area contributed by atoms with Crippen molar-refractivity contribution in [2.75, 3.05) is 0 Å². The van der Waals surface area contributed by atoms with Gasteiger partial charge in [-0.15, -0.1) is 0 Å². The van der Waals surface area contributed by atoms with Gasteiger partial charge in [-0.05, 0) is 38.0 Å². The Labute approximate surface area is 91.3 Å². The second-order valence-electron chi connectivity index (χ2n) is 6.17. The molecule has 2 nitrogen and oxygen atoms in total. The molecule has 0 aromatic heterocycles. The SMILES string of the molecule is C[C@]12[C@@H]3CCC[C@]14CCC[C@H]2O[C@H](C3)O4. The molecule has 5 rings (SSSR count). The van der Waals surface area contributed by atoms with Crippen LogP contribution in [0.5, 0.6) is 0 Å². The van der Waals surface area contributed by atoms with Crippen molar-refractivity contribution >= 4 is 0 Å². The Balaban J connectivity index is 1.87. The number of rotatable bonds is 0. The lowest BCUT2D eigenvalue weighted by Gasteiger charge is -2.69. The van der Waals surface area contributed by atoms with E-state index in [-0.39, 0.29) is 11.9 Å². The largest absolute Gasteiger partial charge is 0.349 e. The van der Waals surface area contributed by atoms with Crippen LogP contribution in [0.4, 0.5) is 0 Å². The van der Waals surface area contributed by atoms with Crippen molar-refractivity contribution < 1.29 is 9.47 Å². The highest BCUT2D eigenvalue weighted by atomic mass is 16.7. The van der Waals surface area contributed by atoms with Crippen LogP contribution >= 0.6 is 0 Å². The van der Waals surface area contributed by atoms with Crippen LogP contribution in [0.25, 0.3) is 0 Å². The maximum atomic E-state index is 6.30. The van der Waals surface area contributed by atoms with Crippen LogP contribution in [0.1, 0.15) is 51.9 Å². The summed E-state index contributed by atoms with van der Waals surface area (Å²) in [4.78, 5) is 0. The predicted molar refractivity (Wildman–Crippen MR) is 56.4 cm³/mol. The van der Waals surface area contributed by atoms with E-state index in [1.807, 2.05) is 0 Å². The fourth-order valence-electron chi connectivity index (χ4n) is 5.01. The average Bonchev–Trinajstić information content (AvgIpc) is 2.14. The minimum absolute atomic E-state index is 0.141. The molecule has 5 atom stereocenters. The van der Waals surface area contributed by atoms with E-state index >= 15 is 0 Å². The molecule has 0 aromatic rings. The van der Waals surface area contributed by atoms with E-state index < -0.39 is 0 Å². The monoisotopic (exact) mass is 208 g/mol. The zero-order valence-electron chi connectivity index (χ0n) is 9.50. The van der Waals surface area contributed by atoms with E-state index in [0.29, 0.717) is 11.5 Å². The summed E-state index contributed by atoms with van der Waals surface area (Å²) in [5, 5.41) is 0. The van der Waals surface area contributed by atoms with Crippen molar-refractivity contribution in [2.24, 2.45) is 11.3 Å². The van der Waals surface area contributed by atoms with Crippen molar-refractivity contribution in [2.45, 2.75) is 69.9 Å². The summed E-state index contributed by atoms with van der Waals surface area (Å²) in [6, 6.07) is 0. The van der Waals surface area contributed by atoms with Crippen LogP contribution in [0.3, 0.4) is 0 Å². The molecule has 0 aromatic carbocycles. The Bertz CT molecular complexity index is 279. The van der Waals surface area contributed by atoms with Gasteiger partial charge in [0.1, 0.15) is 0 Å². The molecule has 2 aliphatic carbocycles. The zero-order chi connectivity index (χ0) is 10.1. The predicted octanol–water partition coefficient (Wildman–Crippen LogP) is 2.86. The minimum Gasteiger partial charge on any atom is -0.349 e. The van der Waals surface area contributed by atoms with Gasteiger partial charge in [-0.1, -0.05) is 13.3 Å². The highest BCUT2D eigenvalue weighted by molar-refractivity contribution is 5.15. The fourth-order valence-corrected chi connectivity index (χ4v) is 5.01. The first-order chi connectivity index (χ1) is 7.25. The summed E-state index contributed by atoms with van der Waals surface area (Å²) in [5.74, 6) is 0.879. The molecule has 5 aliphatic rings. The summed E-state index contributed by atoms with van der Waals surface area (Å²) in [6.45, 7) is 2.45. The summed E-state index contributed by atoms with van der Waals surface area (Å²) >= 11 is 0. The molecule has 3 saturated heterocycles. The normalized spacial score (nSPS) is 61.8. The lowest BCUT2D eigenvalue weighted by atomic mass is 9.48. The van der Waals surface area contributed by atoms with Crippen molar-refractivity contribution in [3.05, 3.63) is 0 Å². The first-order valence-corrected chi connectivity index (χ1v) is 6.58. The fraction of sp³-hybridized carbons (Fsp3) is 1.00. The molecule has 0 spiro atoms. The zero-order valence-corrected chi connectivity index (χ0v) is 9.50. The second-order valence-corrected chi connectivity index (χ2v) is 6.17. The molecule has 15 heavy (non-hydrogen) atoms. The molecule has 3 heterocycles. The summed E-state index contributed by atoms with van der Waals surface area (Å²) in [6.07, 6.45) is 9.75. The van der Waals surface area contributed by atoms with Gasteiger partial charge in [-0.2, -0.15) is 0 Å². The third-order valence-electron chi connectivity index (χ3n) is 5.83. The maximum absolute atomic E-state index is 6.30. The summed E-state index contributed by atoms with van der Waals surface area (Å²) in [5.41, 5.74) is 0.554. The van der Waals surface area contributed by atoms with Crippen LogP contribution in [0.2, 0.25) is 0 Å². The Morgan fingerprint density at radius 3 is 2.73 bits per heavy atom. The van der Waals surface area contributed by atoms with Gasteiger partial charge in [-0.3, -0.25) is 0 Å². The Morgan fingerprint density at radius 1 is 1.13 bits per heavy atom. The van der Waals surface area contributed by atoms with Crippen molar-refractivity contribution in [1.82, 2.24) is 0 Å². The highest BCUT2D eigenvalue weighted by Crippen LogP contribution is 2.66. The maximum Gasteiger partial charge on any atom is 0.159 e. The van der Waals surface area contributed by atoms with E-state index in [2.05, 4.69) is 6.92 Å². The standard InChI is InChI=1S/C13H20O2/c1-12-9-4-2-6-13(12)7-3-5-10(12)14-11(8-9)15-13/h9-11H,2-8H2,1H3/t9-,10-,11+,12-,13+/m1/s1. The first-order valence-electron chi connectivity index (χ1n) is 6.58. The van der Waals surface area contributed by atoms with Gasteiger partial charge in [0, 0.05) is 11.8 Å². The highest BCUT2D eigenvalue weighted by Gasteiger charge is 2.68.